The topological polar surface area (TPSA) is 80.3 Å². The summed E-state index contributed by atoms with van der Waals surface area (Å²) in [5.74, 6) is -0.0494. The van der Waals surface area contributed by atoms with Gasteiger partial charge in [-0.05, 0) is 23.6 Å². The third-order valence-corrected chi connectivity index (χ3v) is 3.88. The van der Waals surface area contributed by atoms with Crippen LogP contribution in [0, 0.1) is 0 Å². The highest BCUT2D eigenvalue weighted by Crippen LogP contribution is 2.24. The minimum atomic E-state index is -0.347. The van der Waals surface area contributed by atoms with Gasteiger partial charge in [0.15, 0.2) is 0 Å². The van der Waals surface area contributed by atoms with Crippen LogP contribution >= 0.6 is 11.3 Å². The summed E-state index contributed by atoms with van der Waals surface area (Å²) in [7, 11) is 1.49. The van der Waals surface area contributed by atoms with E-state index in [2.05, 4.69) is 15.6 Å². The van der Waals surface area contributed by atoms with Crippen molar-refractivity contribution < 1.29 is 14.3 Å². The molecule has 0 fully saturated rings. The number of hydrogen-bond donors (Lipinski definition) is 2. The highest BCUT2D eigenvalue weighted by molar-refractivity contribution is 7.10. The molecule has 22 heavy (non-hydrogen) atoms. The Morgan fingerprint density at radius 3 is 2.82 bits per heavy atom. The Morgan fingerprint density at radius 1 is 1.36 bits per heavy atom. The molecule has 2 aromatic heterocycles. The van der Waals surface area contributed by atoms with Crippen LogP contribution in [0.4, 0.5) is 5.69 Å². The van der Waals surface area contributed by atoms with E-state index >= 15 is 0 Å². The molecule has 116 valence electrons. The summed E-state index contributed by atoms with van der Waals surface area (Å²) in [5, 5.41) is 7.45. The number of amides is 2. The van der Waals surface area contributed by atoms with E-state index < -0.39 is 0 Å². The largest absolute Gasteiger partial charge is 0.480 e. The van der Waals surface area contributed by atoms with E-state index in [-0.39, 0.29) is 24.3 Å². The van der Waals surface area contributed by atoms with Crippen LogP contribution in [0.25, 0.3) is 0 Å². The first-order valence-electron chi connectivity index (χ1n) is 6.69. The molecule has 0 unspecified atom stereocenters. The predicted molar refractivity (Wildman–Crippen MR) is 84.9 cm³/mol. The second-order valence-electron chi connectivity index (χ2n) is 4.58. The summed E-state index contributed by atoms with van der Waals surface area (Å²) in [4.78, 5) is 28.5. The maximum Gasteiger partial charge on any atom is 0.237 e. The number of rotatable bonds is 6. The number of hydrogen-bond acceptors (Lipinski definition) is 5. The van der Waals surface area contributed by atoms with E-state index in [0.717, 1.165) is 4.88 Å². The van der Waals surface area contributed by atoms with Gasteiger partial charge < -0.3 is 15.4 Å². The van der Waals surface area contributed by atoms with Crippen molar-refractivity contribution in [3.63, 3.8) is 0 Å². The Bertz CT molecular complexity index is 643. The fourth-order valence-corrected chi connectivity index (χ4v) is 2.77. The molecule has 2 amide bonds. The molecule has 0 aliphatic rings. The summed E-state index contributed by atoms with van der Waals surface area (Å²) in [6.45, 7) is 1.43. The van der Waals surface area contributed by atoms with Crippen LogP contribution in [0.2, 0.25) is 0 Å². The van der Waals surface area contributed by atoms with Crippen LogP contribution in [-0.4, -0.2) is 23.9 Å². The number of thiophene rings is 1. The number of methoxy groups -OCH3 is 1. The van der Waals surface area contributed by atoms with Crippen molar-refractivity contribution in [3.05, 3.63) is 40.7 Å². The number of nitrogens with zero attached hydrogens (tertiary/aromatic N) is 1. The molecule has 2 rings (SSSR count). The zero-order valence-corrected chi connectivity index (χ0v) is 13.1. The molecule has 0 radical (unpaired) electrons. The number of ether oxygens (including phenoxy) is 1. The van der Waals surface area contributed by atoms with Gasteiger partial charge in [-0.25, -0.2) is 4.98 Å². The SMILES string of the molecule is COc1ncccc1NC(=O)C[C@@H](NC(C)=O)c1cccs1. The first kappa shape index (κ1) is 16.0. The first-order valence-corrected chi connectivity index (χ1v) is 7.57. The lowest BCUT2D eigenvalue weighted by Crippen LogP contribution is -2.29. The molecule has 2 aromatic rings. The predicted octanol–water partition coefficient (Wildman–Crippen LogP) is 2.36. The Balaban J connectivity index is 2.06. The monoisotopic (exact) mass is 319 g/mol. The van der Waals surface area contributed by atoms with Crippen molar-refractivity contribution in [2.45, 2.75) is 19.4 Å². The summed E-state index contributed by atoms with van der Waals surface area (Å²) in [5.41, 5.74) is 0.503. The lowest BCUT2D eigenvalue weighted by Gasteiger charge is -2.16. The maximum atomic E-state index is 12.2. The van der Waals surface area contributed by atoms with E-state index in [1.54, 1.807) is 18.3 Å². The summed E-state index contributed by atoms with van der Waals surface area (Å²) in [6.07, 6.45) is 1.72. The standard InChI is InChI=1S/C15H17N3O3S/c1-10(19)17-12(13-6-4-8-22-13)9-14(20)18-11-5-3-7-16-15(11)21-2/h3-8,12H,9H2,1-2H3,(H,17,19)(H,18,20)/t12-/m1/s1. The van der Waals surface area contributed by atoms with E-state index in [4.69, 9.17) is 4.74 Å². The van der Waals surface area contributed by atoms with Crippen molar-refractivity contribution in [3.8, 4) is 5.88 Å². The average Bonchev–Trinajstić information content (AvgIpc) is 3.01. The van der Waals surface area contributed by atoms with Gasteiger partial charge in [-0.3, -0.25) is 9.59 Å². The highest BCUT2D eigenvalue weighted by atomic mass is 32.1. The van der Waals surface area contributed by atoms with Gasteiger partial charge in [0.05, 0.1) is 19.6 Å². The van der Waals surface area contributed by atoms with Crippen LogP contribution in [-0.2, 0) is 9.59 Å². The molecule has 0 aliphatic carbocycles. The van der Waals surface area contributed by atoms with Gasteiger partial charge in [0.1, 0.15) is 5.69 Å². The molecule has 0 spiro atoms. The smallest absolute Gasteiger partial charge is 0.237 e. The van der Waals surface area contributed by atoms with Gasteiger partial charge in [0.2, 0.25) is 17.7 Å². The average molecular weight is 319 g/mol. The van der Waals surface area contributed by atoms with E-state index in [1.807, 2.05) is 17.5 Å². The fraction of sp³-hybridized carbons (Fsp3) is 0.267. The Kier molecular flexibility index (Phi) is 5.48. The van der Waals surface area contributed by atoms with Gasteiger partial charge in [0.25, 0.3) is 0 Å². The lowest BCUT2D eigenvalue weighted by molar-refractivity contribution is -0.120. The van der Waals surface area contributed by atoms with Gasteiger partial charge in [0, 0.05) is 18.0 Å². The van der Waals surface area contributed by atoms with Gasteiger partial charge in [-0.1, -0.05) is 6.07 Å². The molecule has 0 saturated heterocycles. The Morgan fingerprint density at radius 2 is 2.18 bits per heavy atom. The van der Waals surface area contributed by atoms with Crippen molar-refractivity contribution in [1.82, 2.24) is 10.3 Å². The highest BCUT2D eigenvalue weighted by Gasteiger charge is 2.19. The van der Waals surface area contributed by atoms with Crippen LogP contribution in [0.15, 0.2) is 35.8 Å². The molecule has 0 aliphatic heterocycles. The van der Waals surface area contributed by atoms with Crippen LogP contribution in [0.5, 0.6) is 5.88 Å². The molecule has 2 heterocycles. The normalized spacial score (nSPS) is 11.5. The molecule has 7 heteroatoms. The second-order valence-corrected chi connectivity index (χ2v) is 5.56. The number of aromatic nitrogens is 1. The Hall–Kier alpha value is -2.41. The van der Waals surface area contributed by atoms with Gasteiger partial charge >= 0.3 is 0 Å². The molecule has 0 bridgehead atoms. The summed E-state index contributed by atoms with van der Waals surface area (Å²) in [6, 6.07) is 6.85. The third-order valence-electron chi connectivity index (χ3n) is 2.89. The zero-order valence-electron chi connectivity index (χ0n) is 12.3. The van der Waals surface area contributed by atoms with Crippen molar-refractivity contribution in [2.75, 3.05) is 12.4 Å². The Labute approximate surface area is 132 Å². The second kappa shape index (κ2) is 7.56. The number of anilines is 1. The number of carbonyl (C=O) groups excluding carboxylic acids is 2. The number of nitrogens with one attached hydrogen (secondary N) is 2. The van der Waals surface area contributed by atoms with Gasteiger partial charge in [-0.2, -0.15) is 0 Å². The minimum absolute atomic E-state index is 0.137. The van der Waals surface area contributed by atoms with Crippen LogP contribution in [0.3, 0.4) is 0 Å². The van der Waals surface area contributed by atoms with Crippen LogP contribution < -0.4 is 15.4 Å². The molecule has 2 N–H and O–H groups in total. The summed E-state index contributed by atoms with van der Waals surface area (Å²) >= 11 is 1.50. The molecule has 1 atom stereocenters. The van der Waals surface area contributed by atoms with Crippen molar-refractivity contribution in [2.24, 2.45) is 0 Å². The van der Waals surface area contributed by atoms with Crippen molar-refractivity contribution >= 4 is 28.8 Å². The van der Waals surface area contributed by atoms with E-state index in [9.17, 15) is 9.59 Å². The molecule has 0 aromatic carbocycles. The third kappa shape index (κ3) is 4.29. The minimum Gasteiger partial charge on any atom is -0.480 e. The fourth-order valence-electron chi connectivity index (χ4n) is 1.99. The lowest BCUT2D eigenvalue weighted by atomic mass is 10.1. The quantitative estimate of drug-likeness (QED) is 0.856. The molecular formula is C15H17N3O3S. The van der Waals surface area contributed by atoms with Crippen molar-refractivity contribution in [1.29, 1.82) is 0 Å². The maximum absolute atomic E-state index is 12.2. The van der Waals surface area contributed by atoms with E-state index in [1.165, 1.54) is 25.4 Å². The zero-order chi connectivity index (χ0) is 15.9. The number of pyridine rings is 1. The molecular weight excluding hydrogens is 302 g/mol. The molecule has 0 saturated carbocycles. The van der Waals surface area contributed by atoms with Crippen LogP contribution in [0.1, 0.15) is 24.3 Å². The first-order chi connectivity index (χ1) is 10.6. The summed E-state index contributed by atoms with van der Waals surface area (Å²) < 4.78 is 5.09. The van der Waals surface area contributed by atoms with Gasteiger partial charge in [-0.15, -0.1) is 11.3 Å². The molecule has 6 nitrogen and oxygen atoms in total. The van der Waals surface area contributed by atoms with E-state index in [0.29, 0.717) is 11.6 Å². The number of carbonyl (C=O) groups is 2.